The maximum atomic E-state index is 11.2. The van der Waals surface area contributed by atoms with Crippen molar-refractivity contribution >= 4 is 12.2 Å². The summed E-state index contributed by atoms with van der Waals surface area (Å²) in [6.45, 7) is 2.35. The lowest BCUT2D eigenvalue weighted by atomic mass is 10.4. The molecule has 4 heteroatoms. The molecule has 0 aromatic heterocycles. The minimum absolute atomic E-state index is 0.151. The highest BCUT2D eigenvalue weighted by molar-refractivity contribution is 5.91. The molecule has 0 saturated carbocycles. The molecule has 1 rings (SSSR count). The third-order valence-electron chi connectivity index (χ3n) is 1.62. The lowest BCUT2D eigenvalue weighted by Crippen LogP contribution is -2.39. The van der Waals surface area contributed by atoms with Crippen molar-refractivity contribution in [2.45, 2.75) is 0 Å². The van der Waals surface area contributed by atoms with Crippen LogP contribution >= 0.6 is 0 Å². The van der Waals surface area contributed by atoms with Gasteiger partial charge in [0.15, 0.2) is 0 Å². The lowest BCUT2D eigenvalue weighted by Gasteiger charge is -2.25. The van der Waals surface area contributed by atoms with E-state index in [9.17, 15) is 9.59 Å². The van der Waals surface area contributed by atoms with Gasteiger partial charge >= 0.3 is 0 Å². The van der Waals surface area contributed by atoms with E-state index in [1.807, 2.05) is 0 Å². The summed E-state index contributed by atoms with van der Waals surface area (Å²) < 4.78 is 5.06. The van der Waals surface area contributed by atoms with E-state index < -0.39 is 0 Å². The molecule has 0 spiro atoms. The molecule has 1 saturated heterocycles. The number of allylic oxidation sites excluding steroid dienone is 1. The molecule has 1 aliphatic rings. The number of hydrogen-bond acceptors (Lipinski definition) is 3. The van der Waals surface area contributed by atoms with Gasteiger partial charge in [-0.05, 0) is 6.08 Å². The zero-order chi connectivity index (χ0) is 8.81. The smallest absolute Gasteiger partial charge is 0.246 e. The molecule has 65 valence electrons. The average Bonchev–Trinajstić information content (AvgIpc) is 2.15. The second kappa shape index (κ2) is 4.66. The first-order valence-corrected chi connectivity index (χ1v) is 3.75. The number of carbonyl (C=O) groups excluding carboxylic acids is 2. The average molecular weight is 168 g/mol. The summed E-state index contributed by atoms with van der Waals surface area (Å²) in [5.74, 6) is -0.151. The molecular formula is C8H10NO3. The Morgan fingerprint density at radius 2 is 2.08 bits per heavy atom. The number of carbonyl (C=O) groups is 1. The largest absolute Gasteiger partial charge is 0.378 e. The topological polar surface area (TPSA) is 46.6 Å². The SMILES string of the molecule is O=[C]C=CC(=O)N1CCOCC1. The Labute approximate surface area is 70.8 Å². The zero-order valence-electron chi connectivity index (χ0n) is 6.66. The van der Waals surface area contributed by atoms with E-state index >= 15 is 0 Å². The number of rotatable bonds is 2. The number of nitrogens with zero attached hydrogens (tertiary/aromatic N) is 1. The van der Waals surface area contributed by atoms with E-state index in [0.29, 0.717) is 26.3 Å². The van der Waals surface area contributed by atoms with Crippen LogP contribution in [0.4, 0.5) is 0 Å². The van der Waals surface area contributed by atoms with Crippen LogP contribution in [0.25, 0.3) is 0 Å². The molecule has 0 atom stereocenters. The van der Waals surface area contributed by atoms with Gasteiger partial charge in [-0.2, -0.15) is 0 Å². The molecule has 12 heavy (non-hydrogen) atoms. The predicted octanol–water partition coefficient (Wildman–Crippen LogP) is -0.489. The predicted molar refractivity (Wildman–Crippen MR) is 42.2 cm³/mol. The Morgan fingerprint density at radius 3 is 2.67 bits per heavy atom. The van der Waals surface area contributed by atoms with E-state index in [-0.39, 0.29) is 5.91 Å². The molecule has 0 aromatic rings. The maximum Gasteiger partial charge on any atom is 0.246 e. The van der Waals surface area contributed by atoms with Crippen molar-refractivity contribution in [3.8, 4) is 0 Å². The Kier molecular flexibility index (Phi) is 3.47. The van der Waals surface area contributed by atoms with E-state index in [2.05, 4.69) is 0 Å². The number of morpholine rings is 1. The summed E-state index contributed by atoms with van der Waals surface area (Å²) in [6.07, 6.45) is 3.83. The molecule has 1 heterocycles. The second-order valence-corrected chi connectivity index (χ2v) is 2.39. The van der Waals surface area contributed by atoms with Crippen molar-refractivity contribution in [1.82, 2.24) is 4.90 Å². The van der Waals surface area contributed by atoms with Crippen molar-refractivity contribution < 1.29 is 14.3 Å². The first-order chi connectivity index (χ1) is 5.84. The van der Waals surface area contributed by atoms with Crippen LogP contribution in [-0.2, 0) is 14.3 Å². The van der Waals surface area contributed by atoms with Crippen LogP contribution < -0.4 is 0 Å². The number of hydrogen-bond donors (Lipinski definition) is 0. The minimum Gasteiger partial charge on any atom is -0.378 e. The van der Waals surface area contributed by atoms with Crippen molar-refractivity contribution in [2.75, 3.05) is 26.3 Å². The Hall–Kier alpha value is -1.16. The van der Waals surface area contributed by atoms with Crippen molar-refractivity contribution in [1.29, 1.82) is 0 Å². The highest BCUT2D eigenvalue weighted by Crippen LogP contribution is 1.97. The lowest BCUT2D eigenvalue weighted by molar-refractivity contribution is -0.129. The van der Waals surface area contributed by atoms with Crippen molar-refractivity contribution in [3.05, 3.63) is 12.2 Å². The third kappa shape index (κ3) is 2.47. The van der Waals surface area contributed by atoms with Gasteiger partial charge in [0.05, 0.1) is 13.2 Å². The standard InChI is InChI=1S/C8H10NO3/c10-5-1-2-8(11)9-3-6-12-7-4-9/h1-2H,3-4,6-7H2. The Morgan fingerprint density at radius 1 is 1.42 bits per heavy atom. The van der Waals surface area contributed by atoms with Gasteiger partial charge in [-0.1, -0.05) is 0 Å². The summed E-state index contributed by atoms with van der Waals surface area (Å²) in [4.78, 5) is 22.6. The third-order valence-corrected chi connectivity index (χ3v) is 1.62. The molecular weight excluding hydrogens is 158 g/mol. The summed E-state index contributed by atoms with van der Waals surface area (Å²) in [6, 6.07) is 0. The Balaban J connectivity index is 2.39. The molecule has 1 amide bonds. The van der Waals surface area contributed by atoms with Gasteiger partial charge in [-0.3, -0.25) is 9.59 Å². The van der Waals surface area contributed by atoms with E-state index in [1.165, 1.54) is 12.4 Å². The van der Waals surface area contributed by atoms with Gasteiger partial charge in [0.2, 0.25) is 12.2 Å². The maximum absolute atomic E-state index is 11.2. The second-order valence-electron chi connectivity index (χ2n) is 2.39. The molecule has 1 radical (unpaired) electrons. The first kappa shape index (κ1) is 8.93. The van der Waals surface area contributed by atoms with Crippen LogP contribution in [0.3, 0.4) is 0 Å². The van der Waals surface area contributed by atoms with Gasteiger partial charge in [0.25, 0.3) is 0 Å². The van der Waals surface area contributed by atoms with Crippen LogP contribution in [0.2, 0.25) is 0 Å². The van der Waals surface area contributed by atoms with Crippen molar-refractivity contribution in [3.63, 3.8) is 0 Å². The van der Waals surface area contributed by atoms with E-state index in [4.69, 9.17) is 4.74 Å². The highest BCUT2D eigenvalue weighted by Gasteiger charge is 2.13. The molecule has 0 aliphatic carbocycles. The number of ether oxygens (including phenoxy) is 1. The van der Waals surface area contributed by atoms with E-state index in [0.717, 1.165) is 6.08 Å². The Bertz CT molecular complexity index is 194. The normalized spacial score (nSPS) is 18.2. The van der Waals surface area contributed by atoms with Crippen LogP contribution in [-0.4, -0.2) is 43.4 Å². The summed E-state index contributed by atoms with van der Waals surface area (Å²) in [5, 5.41) is 0. The molecule has 1 fully saturated rings. The van der Waals surface area contributed by atoms with E-state index in [1.54, 1.807) is 4.90 Å². The zero-order valence-corrected chi connectivity index (χ0v) is 6.66. The van der Waals surface area contributed by atoms with Gasteiger partial charge < -0.3 is 9.64 Å². The molecule has 0 aromatic carbocycles. The first-order valence-electron chi connectivity index (χ1n) is 3.75. The van der Waals surface area contributed by atoms with Crippen LogP contribution in [0.15, 0.2) is 12.2 Å². The quantitative estimate of drug-likeness (QED) is 0.523. The van der Waals surface area contributed by atoms with Crippen molar-refractivity contribution in [2.24, 2.45) is 0 Å². The van der Waals surface area contributed by atoms with Gasteiger partial charge in [-0.15, -0.1) is 0 Å². The van der Waals surface area contributed by atoms with Crippen LogP contribution in [0.1, 0.15) is 0 Å². The molecule has 0 N–H and O–H groups in total. The molecule has 4 nitrogen and oxygen atoms in total. The summed E-state index contributed by atoms with van der Waals surface area (Å²) in [5.41, 5.74) is 0. The van der Waals surface area contributed by atoms with Crippen LogP contribution in [0.5, 0.6) is 0 Å². The van der Waals surface area contributed by atoms with Gasteiger partial charge in [-0.25, -0.2) is 0 Å². The fourth-order valence-electron chi connectivity index (χ4n) is 0.994. The molecule has 1 aliphatic heterocycles. The van der Waals surface area contributed by atoms with Gasteiger partial charge in [0.1, 0.15) is 0 Å². The fraction of sp³-hybridized carbons (Fsp3) is 0.500. The number of amides is 1. The summed E-state index contributed by atoms with van der Waals surface area (Å²) in [7, 11) is 0. The van der Waals surface area contributed by atoms with Gasteiger partial charge in [0, 0.05) is 19.2 Å². The summed E-state index contributed by atoms with van der Waals surface area (Å²) >= 11 is 0. The highest BCUT2D eigenvalue weighted by atomic mass is 16.5. The molecule has 0 bridgehead atoms. The monoisotopic (exact) mass is 168 g/mol. The van der Waals surface area contributed by atoms with Crippen LogP contribution in [0, 0.1) is 0 Å². The molecule has 0 unspecified atom stereocenters. The fourth-order valence-corrected chi connectivity index (χ4v) is 0.994. The minimum atomic E-state index is -0.151.